The lowest BCUT2D eigenvalue weighted by Gasteiger charge is -2.14. The Morgan fingerprint density at radius 3 is 2.48 bits per heavy atom. The average Bonchev–Trinajstić information content (AvgIpc) is 2.34. The molecule has 0 aliphatic carbocycles. The molecule has 3 nitrogen and oxygen atoms in total. The van der Waals surface area contributed by atoms with Crippen LogP contribution in [0.1, 0.15) is 30.9 Å². The number of hydrogen-bond donors (Lipinski definition) is 0. The minimum absolute atomic E-state index is 0.0622. The van der Waals surface area contributed by atoms with Gasteiger partial charge < -0.3 is 9.47 Å². The van der Waals surface area contributed by atoms with Crippen LogP contribution in [0.5, 0.6) is 5.75 Å². The monoisotopic (exact) mass is 312 g/mol. The van der Waals surface area contributed by atoms with E-state index in [4.69, 9.17) is 0 Å². The maximum absolute atomic E-state index is 12.6. The van der Waals surface area contributed by atoms with Gasteiger partial charge in [-0.1, -0.05) is 6.07 Å². The number of halogens is 5. The molecule has 0 aliphatic rings. The molecule has 0 radical (unpaired) electrons. The number of rotatable bonds is 6. The third-order valence-electron chi connectivity index (χ3n) is 2.46. The number of aryl methyl sites for hydroxylation is 1. The van der Waals surface area contributed by atoms with Crippen LogP contribution in [0.25, 0.3) is 0 Å². The summed E-state index contributed by atoms with van der Waals surface area (Å²) in [6, 6.07) is 2.93. The zero-order valence-electron chi connectivity index (χ0n) is 11.0. The maximum atomic E-state index is 12.6. The number of hydrogen-bond acceptors (Lipinski definition) is 3. The topological polar surface area (TPSA) is 35.5 Å². The summed E-state index contributed by atoms with van der Waals surface area (Å²) in [4.78, 5) is 11.2. The molecule has 0 aliphatic heterocycles. The zero-order valence-corrected chi connectivity index (χ0v) is 11.0. The standard InChI is InChI=1S/C13H13F5O3/c1-2-20-11(19)6-4-8-3-5-9(12(14)15)10(7-8)21-13(16,17)18/h3,5,7,12H,2,4,6H2,1H3. The van der Waals surface area contributed by atoms with Crippen molar-refractivity contribution in [2.45, 2.75) is 32.6 Å². The van der Waals surface area contributed by atoms with E-state index in [1.54, 1.807) is 6.92 Å². The van der Waals surface area contributed by atoms with Crippen LogP contribution >= 0.6 is 0 Å². The van der Waals surface area contributed by atoms with Crippen LogP contribution in [0.15, 0.2) is 18.2 Å². The molecule has 0 spiro atoms. The summed E-state index contributed by atoms with van der Waals surface area (Å²) in [5.41, 5.74) is -0.584. The van der Waals surface area contributed by atoms with Crippen molar-refractivity contribution < 1.29 is 36.2 Å². The summed E-state index contributed by atoms with van der Waals surface area (Å²) >= 11 is 0. The van der Waals surface area contributed by atoms with Gasteiger partial charge in [0.2, 0.25) is 0 Å². The van der Waals surface area contributed by atoms with Crippen molar-refractivity contribution >= 4 is 5.97 Å². The van der Waals surface area contributed by atoms with Gasteiger partial charge in [0, 0.05) is 6.42 Å². The molecule has 0 heterocycles. The lowest BCUT2D eigenvalue weighted by Crippen LogP contribution is -2.18. The van der Waals surface area contributed by atoms with E-state index in [9.17, 15) is 26.7 Å². The number of carbonyl (C=O) groups is 1. The summed E-state index contributed by atoms with van der Waals surface area (Å²) in [5.74, 6) is -1.48. The van der Waals surface area contributed by atoms with E-state index < -0.39 is 30.1 Å². The molecular weight excluding hydrogens is 299 g/mol. The van der Waals surface area contributed by atoms with Crippen molar-refractivity contribution in [2.24, 2.45) is 0 Å². The average molecular weight is 312 g/mol. The Balaban J connectivity index is 2.88. The number of benzene rings is 1. The highest BCUT2D eigenvalue weighted by Gasteiger charge is 2.33. The number of ether oxygens (including phenoxy) is 2. The van der Waals surface area contributed by atoms with Gasteiger partial charge >= 0.3 is 12.3 Å². The Morgan fingerprint density at radius 2 is 1.95 bits per heavy atom. The minimum atomic E-state index is -5.07. The van der Waals surface area contributed by atoms with Crippen molar-refractivity contribution in [3.63, 3.8) is 0 Å². The first-order chi connectivity index (χ1) is 9.73. The smallest absolute Gasteiger partial charge is 0.466 e. The first-order valence-corrected chi connectivity index (χ1v) is 6.05. The Morgan fingerprint density at radius 1 is 1.29 bits per heavy atom. The predicted molar refractivity (Wildman–Crippen MR) is 63.0 cm³/mol. The van der Waals surface area contributed by atoms with Gasteiger partial charge in [0.1, 0.15) is 5.75 Å². The Hall–Kier alpha value is -1.86. The van der Waals surface area contributed by atoms with Crippen molar-refractivity contribution in [3.05, 3.63) is 29.3 Å². The molecule has 0 N–H and O–H groups in total. The lowest BCUT2D eigenvalue weighted by atomic mass is 10.1. The molecule has 0 fully saturated rings. The SMILES string of the molecule is CCOC(=O)CCc1ccc(C(F)F)c(OC(F)(F)F)c1. The number of alkyl halides is 5. The Kier molecular flexibility index (Phi) is 5.92. The van der Waals surface area contributed by atoms with Crippen LogP contribution in [-0.4, -0.2) is 18.9 Å². The van der Waals surface area contributed by atoms with Crippen LogP contribution in [-0.2, 0) is 16.0 Å². The molecule has 0 amide bonds. The molecule has 118 valence electrons. The molecular formula is C13H13F5O3. The normalized spacial score (nSPS) is 11.6. The number of carbonyl (C=O) groups excluding carboxylic acids is 1. The van der Waals surface area contributed by atoms with Crippen molar-refractivity contribution in [2.75, 3.05) is 6.61 Å². The Bertz CT molecular complexity index is 485. The molecule has 0 unspecified atom stereocenters. The second-order valence-electron chi connectivity index (χ2n) is 4.03. The van der Waals surface area contributed by atoms with Gasteiger partial charge in [-0.25, -0.2) is 8.78 Å². The second kappa shape index (κ2) is 7.24. The van der Waals surface area contributed by atoms with Crippen molar-refractivity contribution in [3.8, 4) is 5.75 Å². The largest absolute Gasteiger partial charge is 0.573 e. The van der Waals surface area contributed by atoms with E-state index >= 15 is 0 Å². The predicted octanol–water partition coefficient (Wildman–Crippen LogP) is 4.02. The van der Waals surface area contributed by atoms with Gasteiger partial charge in [0.25, 0.3) is 6.43 Å². The first kappa shape index (κ1) is 17.2. The fourth-order valence-electron chi connectivity index (χ4n) is 1.61. The van der Waals surface area contributed by atoms with E-state index in [-0.39, 0.29) is 25.0 Å². The van der Waals surface area contributed by atoms with Crippen molar-refractivity contribution in [1.29, 1.82) is 0 Å². The summed E-state index contributed by atoms with van der Waals surface area (Å²) < 4.78 is 70.1. The number of esters is 1. The van der Waals surface area contributed by atoms with E-state index in [1.807, 2.05) is 0 Å². The first-order valence-electron chi connectivity index (χ1n) is 6.05. The van der Waals surface area contributed by atoms with Crippen LogP contribution in [0, 0.1) is 0 Å². The molecule has 0 atom stereocenters. The summed E-state index contributed by atoms with van der Waals surface area (Å²) in [6.45, 7) is 1.80. The van der Waals surface area contributed by atoms with Gasteiger partial charge in [-0.2, -0.15) is 0 Å². The molecule has 0 saturated heterocycles. The molecule has 0 aromatic heterocycles. The lowest BCUT2D eigenvalue weighted by molar-refractivity contribution is -0.275. The molecule has 1 aromatic carbocycles. The van der Waals surface area contributed by atoms with E-state index in [0.717, 1.165) is 12.1 Å². The highest BCUT2D eigenvalue weighted by atomic mass is 19.4. The third-order valence-corrected chi connectivity index (χ3v) is 2.46. The summed E-state index contributed by atoms with van der Waals surface area (Å²) in [5, 5.41) is 0. The minimum Gasteiger partial charge on any atom is -0.466 e. The highest BCUT2D eigenvalue weighted by Crippen LogP contribution is 2.33. The molecule has 21 heavy (non-hydrogen) atoms. The second-order valence-corrected chi connectivity index (χ2v) is 4.03. The van der Waals surface area contributed by atoms with E-state index in [0.29, 0.717) is 0 Å². The summed E-state index contributed by atoms with van der Waals surface area (Å²) in [6.07, 6.45) is -8.16. The fraction of sp³-hybridized carbons (Fsp3) is 0.462. The maximum Gasteiger partial charge on any atom is 0.573 e. The Labute approximate surface area is 117 Å². The summed E-state index contributed by atoms with van der Waals surface area (Å²) in [7, 11) is 0. The van der Waals surface area contributed by atoms with Gasteiger partial charge in [-0.15, -0.1) is 13.2 Å². The van der Waals surface area contributed by atoms with Gasteiger partial charge in [0.05, 0.1) is 12.2 Å². The van der Waals surface area contributed by atoms with Gasteiger partial charge in [0.15, 0.2) is 0 Å². The van der Waals surface area contributed by atoms with Crippen LogP contribution < -0.4 is 4.74 Å². The molecule has 1 aromatic rings. The highest BCUT2D eigenvalue weighted by molar-refractivity contribution is 5.69. The van der Waals surface area contributed by atoms with Gasteiger partial charge in [-0.05, 0) is 31.0 Å². The van der Waals surface area contributed by atoms with Gasteiger partial charge in [-0.3, -0.25) is 4.79 Å². The molecule has 0 bridgehead atoms. The molecule has 0 saturated carbocycles. The fourth-order valence-corrected chi connectivity index (χ4v) is 1.61. The van der Waals surface area contributed by atoms with E-state index in [1.165, 1.54) is 6.07 Å². The quantitative estimate of drug-likeness (QED) is 0.588. The molecule has 1 rings (SSSR count). The van der Waals surface area contributed by atoms with Crippen molar-refractivity contribution in [1.82, 2.24) is 0 Å². The third kappa shape index (κ3) is 5.97. The van der Waals surface area contributed by atoms with Crippen LogP contribution in [0.3, 0.4) is 0 Å². The van der Waals surface area contributed by atoms with Crippen LogP contribution in [0.4, 0.5) is 22.0 Å². The zero-order chi connectivity index (χ0) is 16.0. The van der Waals surface area contributed by atoms with E-state index in [2.05, 4.69) is 9.47 Å². The molecule has 8 heteroatoms. The van der Waals surface area contributed by atoms with Crippen LogP contribution in [0.2, 0.25) is 0 Å².